The van der Waals surface area contributed by atoms with E-state index >= 15 is 0 Å². The van der Waals surface area contributed by atoms with Gasteiger partial charge < -0.3 is 4.52 Å². The number of thiazole rings is 1. The van der Waals surface area contributed by atoms with E-state index in [-0.39, 0.29) is 0 Å². The van der Waals surface area contributed by atoms with Gasteiger partial charge in [-0.3, -0.25) is 4.90 Å². The minimum atomic E-state index is 0.361. The summed E-state index contributed by atoms with van der Waals surface area (Å²) in [6.07, 6.45) is 4.25. The number of fused-ring (bicyclic) bond motifs is 1. The van der Waals surface area contributed by atoms with E-state index in [1.54, 1.807) is 11.3 Å². The maximum absolute atomic E-state index is 5.63. The van der Waals surface area contributed by atoms with Gasteiger partial charge in [0.05, 0.1) is 17.1 Å². The van der Waals surface area contributed by atoms with Crippen LogP contribution in [0.15, 0.2) is 34.9 Å². The predicted octanol–water partition coefficient (Wildman–Crippen LogP) is 4.43. The quantitative estimate of drug-likeness (QED) is 0.670. The Morgan fingerprint density at radius 3 is 2.81 bits per heavy atom. The topological polar surface area (TPSA) is 55.1 Å². The van der Waals surface area contributed by atoms with Crippen molar-refractivity contribution in [2.24, 2.45) is 0 Å². The van der Waals surface area contributed by atoms with E-state index in [0.29, 0.717) is 30.3 Å². The number of benzene rings is 1. The number of nitrogens with zero attached hydrogens (tertiary/aromatic N) is 4. The van der Waals surface area contributed by atoms with E-state index in [1.165, 1.54) is 29.8 Å². The van der Waals surface area contributed by atoms with Gasteiger partial charge in [-0.25, -0.2) is 4.98 Å². The first-order chi connectivity index (χ1) is 13.2. The summed E-state index contributed by atoms with van der Waals surface area (Å²) in [5, 5.41) is 5.48. The summed E-state index contributed by atoms with van der Waals surface area (Å²) in [6.45, 7) is 5.26. The molecule has 1 aromatic carbocycles. The van der Waals surface area contributed by atoms with Gasteiger partial charge in [-0.1, -0.05) is 35.5 Å². The van der Waals surface area contributed by atoms with Crippen LogP contribution in [0.1, 0.15) is 64.1 Å². The molecule has 3 atom stereocenters. The zero-order valence-corrected chi connectivity index (χ0v) is 16.6. The van der Waals surface area contributed by atoms with E-state index in [9.17, 15) is 0 Å². The van der Waals surface area contributed by atoms with E-state index in [2.05, 4.69) is 45.4 Å². The average Bonchev–Trinajstić information content (AvgIpc) is 3.42. The number of hydrogen-bond donors (Lipinski definition) is 0. The first-order valence-electron chi connectivity index (χ1n) is 9.75. The highest BCUT2D eigenvalue weighted by molar-refractivity contribution is 7.11. The molecule has 2 fully saturated rings. The van der Waals surface area contributed by atoms with Crippen molar-refractivity contribution in [3.05, 3.63) is 63.2 Å². The molecule has 6 heteroatoms. The largest absolute Gasteiger partial charge is 0.339 e. The van der Waals surface area contributed by atoms with Crippen LogP contribution < -0.4 is 0 Å². The number of aromatic nitrogens is 3. The van der Waals surface area contributed by atoms with Crippen molar-refractivity contribution in [2.75, 3.05) is 6.54 Å². The molecule has 0 radical (unpaired) electrons. The van der Waals surface area contributed by atoms with Gasteiger partial charge >= 0.3 is 0 Å². The highest BCUT2D eigenvalue weighted by Crippen LogP contribution is 2.48. The van der Waals surface area contributed by atoms with E-state index in [4.69, 9.17) is 9.51 Å². The molecule has 2 aliphatic heterocycles. The van der Waals surface area contributed by atoms with E-state index < -0.39 is 0 Å². The lowest BCUT2D eigenvalue weighted by Gasteiger charge is -2.24. The molecule has 0 spiro atoms. The summed E-state index contributed by atoms with van der Waals surface area (Å²) in [5.74, 6) is 1.96. The predicted molar refractivity (Wildman–Crippen MR) is 105 cm³/mol. The first-order valence-corrected chi connectivity index (χ1v) is 10.6. The summed E-state index contributed by atoms with van der Waals surface area (Å²) in [4.78, 5) is 13.2. The van der Waals surface area contributed by atoms with Gasteiger partial charge in [0.15, 0.2) is 5.82 Å². The zero-order chi connectivity index (χ0) is 18.4. The van der Waals surface area contributed by atoms with Gasteiger partial charge in [-0.15, -0.1) is 11.3 Å². The Kier molecular flexibility index (Phi) is 4.32. The normalized spacial score (nSPS) is 25.2. The lowest BCUT2D eigenvalue weighted by Crippen LogP contribution is -2.27. The maximum Gasteiger partial charge on any atom is 0.231 e. The van der Waals surface area contributed by atoms with Crippen LogP contribution in [0.25, 0.3) is 0 Å². The van der Waals surface area contributed by atoms with Crippen LogP contribution in [0.2, 0.25) is 0 Å². The first kappa shape index (κ1) is 17.1. The molecule has 0 N–H and O–H groups in total. The fourth-order valence-corrected chi connectivity index (χ4v) is 5.74. The van der Waals surface area contributed by atoms with Crippen LogP contribution in [-0.2, 0) is 6.42 Å². The minimum Gasteiger partial charge on any atom is -0.339 e. The van der Waals surface area contributed by atoms with Crippen LogP contribution in [0.4, 0.5) is 0 Å². The monoisotopic (exact) mass is 380 g/mol. The Labute approximate surface area is 163 Å². The molecule has 0 aliphatic carbocycles. The van der Waals surface area contributed by atoms with Gasteiger partial charge in [0.2, 0.25) is 5.89 Å². The standard InChI is InChI=1S/C21H24N4OS/c1-13-19(27-14(2)22-13)12-20-23-21(24-26-20)16-11-18(15-7-4-3-5-8-15)25-10-6-9-17(16)25/h3-5,7-8,16-18H,6,9-12H2,1-2H3/t16-,17+,18-/m0/s1. The van der Waals surface area contributed by atoms with Crippen LogP contribution in [-0.4, -0.2) is 32.6 Å². The second kappa shape index (κ2) is 6.84. The molecule has 0 amide bonds. The zero-order valence-electron chi connectivity index (χ0n) is 15.8. The smallest absolute Gasteiger partial charge is 0.231 e. The third-order valence-electron chi connectivity index (χ3n) is 6.00. The summed E-state index contributed by atoms with van der Waals surface area (Å²) in [5.41, 5.74) is 2.48. The maximum atomic E-state index is 5.63. The highest BCUT2D eigenvalue weighted by atomic mass is 32.1. The Bertz CT molecular complexity index is 935. The number of hydrogen-bond acceptors (Lipinski definition) is 6. The summed E-state index contributed by atoms with van der Waals surface area (Å²) < 4.78 is 5.63. The SMILES string of the molecule is Cc1nc(C)c(Cc2nc([C@H]3C[C@@H](c4ccccc4)N4CCC[C@H]34)no2)s1. The molecule has 2 saturated heterocycles. The van der Waals surface area contributed by atoms with Crippen molar-refractivity contribution in [3.63, 3.8) is 0 Å². The summed E-state index contributed by atoms with van der Waals surface area (Å²) >= 11 is 1.72. The van der Waals surface area contributed by atoms with Crippen molar-refractivity contribution in [2.45, 2.75) is 57.5 Å². The molecule has 140 valence electrons. The third kappa shape index (κ3) is 3.11. The Morgan fingerprint density at radius 1 is 1.19 bits per heavy atom. The van der Waals surface area contributed by atoms with Crippen molar-refractivity contribution in [3.8, 4) is 0 Å². The summed E-state index contributed by atoms with van der Waals surface area (Å²) in [6, 6.07) is 11.9. The minimum absolute atomic E-state index is 0.361. The van der Waals surface area contributed by atoms with Crippen LogP contribution in [0, 0.1) is 13.8 Å². The molecule has 5 nitrogen and oxygen atoms in total. The van der Waals surface area contributed by atoms with Gasteiger partial charge in [0.25, 0.3) is 0 Å². The molecule has 0 unspecified atom stereocenters. The van der Waals surface area contributed by atoms with Crippen LogP contribution in [0.5, 0.6) is 0 Å². The van der Waals surface area contributed by atoms with Crippen molar-refractivity contribution >= 4 is 11.3 Å². The van der Waals surface area contributed by atoms with Crippen molar-refractivity contribution < 1.29 is 4.52 Å². The molecule has 3 aromatic rings. The van der Waals surface area contributed by atoms with Gasteiger partial charge in [-0.05, 0) is 45.2 Å². The lowest BCUT2D eigenvalue weighted by molar-refractivity contribution is 0.243. The molecule has 0 saturated carbocycles. The summed E-state index contributed by atoms with van der Waals surface area (Å²) in [7, 11) is 0. The van der Waals surface area contributed by atoms with Gasteiger partial charge in [0, 0.05) is 22.9 Å². The Balaban J connectivity index is 1.38. The number of aryl methyl sites for hydroxylation is 2. The third-order valence-corrected chi connectivity index (χ3v) is 7.07. The van der Waals surface area contributed by atoms with Crippen molar-refractivity contribution in [1.82, 2.24) is 20.0 Å². The molecule has 5 rings (SSSR count). The van der Waals surface area contributed by atoms with E-state index in [1.807, 2.05) is 13.8 Å². The second-order valence-corrected chi connectivity index (χ2v) is 8.97. The molecular weight excluding hydrogens is 356 g/mol. The highest BCUT2D eigenvalue weighted by Gasteiger charge is 2.46. The Morgan fingerprint density at radius 2 is 2.04 bits per heavy atom. The number of rotatable bonds is 4. The molecule has 2 aromatic heterocycles. The van der Waals surface area contributed by atoms with E-state index in [0.717, 1.165) is 22.9 Å². The molecule has 27 heavy (non-hydrogen) atoms. The van der Waals surface area contributed by atoms with Crippen LogP contribution in [0.3, 0.4) is 0 Å². The second-order valence-electron chi connectivity index (χ2n) is 7.68. The Hall–Kier alpha value is -2.05. The van der Waals surface area contributed by atoms with Crippen molar-refractivity contribution in [1.29, 1.82) is 0 Å². The molecular formula is C21H24N4OS. The average molecular weight is 381 g/mol. The van der Waals surface area contributed by atoms with Crippen LogP contribution >= 0.6 is 11.3 Å². The molecule has 4 heterocycles. The van der Waals surface area contributed by atoms with Gasteiger partial charge in [0.1, 0.15) is 0 Å². The fourth-order valence-electron chi connectivity index (χ4n) is 4.81. The lowest BCUT2D eigenvalue weighted by atomic mass is 9.94. The fraction of sp³-hybridized carbons (Fsp3) is 0.476. The molecule has 0 bridgehead atoms. The van der Waals surface area contributed by atoms with Gasteiger partial charge in [-0.2, -0.15) is 4.98 Å². The molecule has 2 aliphatic rings.